The van der Waals surface area contributed by atoms with Crippen molar-refractivity contribution in [2.45, 2.75) is 32.0 Å². The number of nitrogens with zero attached hydrogens (tertiary/aromatic N) is 2. The van der Waals surface area contributed by atoms with E-state index in [0.29, 0.717) is 5.69 Å². The van der Waals surface area contributed by atoms with Crippen LogP contribution in [0, 0.1) is 0 Å². The van der Waals surface area contributed by atoms with E-state index in [1.807, 2.05) is 0 Å². The van der Waals surface area contributed by atoms with Crippen LogP contribution in [0.15, 0.2) is 12.3 Å². The van der Waals surface area contributed by atoms with Crippen LogP contribution in [0.4, 0.5) is 18.9 Å². The minimum absolute atomic E-state index is 0.00803. The highest BCUT2D eigenvalue weighted by atomic mass is 19.4. The molecule has 1 fully saturated rings. The Bertz CT molecular complexity index is 477. The Morgan fingerprint density at radius 2 is 2.16 bits per heavy atom. The van der Waals surface area contributed by atoms with Gasteiger partial charge in [-0.3, -0.25) is 4.79 Å². The van der Waals surface area contributed by atoms with E-state index in [-0.39, 0.29) is 18.3 Å². The van der Waals surface area contributed by atoms with Crippen LogP contribution in [0.25, 0.3) is 0 Å². The Balaban J connectivity index is 2.22. The molecule has 4 nitrogen and oxygen atoms in total. The monoisotopic (exact) mass is 275 g/mol. The molecule has 1 heterocycles. The number of nitrogen functional groups attached to an aromatic ring is 1. The van der Waals surface area contributed by atoms with Crippen molar-refractivity contribution in [3.63, 3.8) is 0 Å². The van der Waals surface area contributed by atoms with Gasteiger partial charge in [-0.1, -0.05) is 0 Å². The van der Waals surface area contributed by atoms with E-state index in [9.17, 15) is 18.0 Å². The standard InChI is InChI=1S/C12H16F3N3O/c1-2-17(7-12(13,14)15)11(19)10-5-8(16)6-18(10)9-3-4-9/h5-6,9H,2-4,7,16H2,1H3. The molecule has 1 aromatic heterocycles. The van der Waals surface area contributed by atoms with Crippen LogP contribution in [0.2, 0.25) is 0 Å². The Morgan fingerprint density at radius 1 is 1.53 bits per heavy atom. The SMILES string of the molecule is CCN(CC(F)(F)F)C(=O)c1cc(N)cn1C1CC1. The molecule has 1 aliphatic carbocycles. The van der Waals surface area contributed by atoms with Gasteiger partial charge in [0.15, 0.2) is 0 Å². The highest BCUT2D eigenvalue weighted by Gasteiger charge is 2.35. The second-order valence-corrected chi connectivity index (χ2v) is 4.73. The minimum atomic E-state index is -4.39. The molecule has 0 unspecified atom stereocenters. The van der Waals surface area contributed by atoms with Crippen LogP contribution in [-0.4, -0.2) is 34.6 Å². The van der Waals surface area contributed by atoms with Gasteiger partial charge in [-0.05, 0) is 25.8 Å². The number of rotatable bonds is 4. The zero-order chi connectivity index (χ0) is 14.2. The van der Waals surface area contributed by atoms with Gasteiger partial charge in [0, 0.05) is 18.8 Å². The van der Waals surface area contributed by atoms with Crippen molar-refractivity contribution in [3.05, 3.63) is 18.0 Å². The van der Waals surface area contributed by atoms with Gasteiger partial charge in [-0.15, -0.1) is 0 Å². The summed E-state index contributed by atoms with van der Waals surface area (Å²) in [5.74, 6) is -0.622. The lowest BCUT2D eigenvalue weighted by molar-refractivity contribution is -0.140. The molecule has 7 heteroatoms. The lowest BCUT2D eigenvalue weighted by atomic mass is 10.3. The van der Waals surface area contributed by atoms with Crippen molar-refractivity contribution in [3.8, 4) is 0 Å². The number of nitrogens with two attached hydrogens (primary N) is 1. The first-order valence-electron chi connectivity index (χ1n) is 6.15. The molecule has 106 valence electrons. The summed E-state index contributed by atoms with van der Waals surface area (Å²) < 4.78 is 39.0. The first-order valence-corrected chi connectivity index (χ1v) is 6.15. The van der Waals surface area contributed by atoms with Gasteiger partial charge in [0.2, 0.25) is 0 Å². The minimum Gasteiger partial charge on any atom is -0.397 e. The quantitative estimate of drug-likeness (QED) is 0.917. The summed E-state index contributed by atoms with van der Waals surface area (Å²) in [4.78, 5) is 13.0. The summed E-state index contributed by atoms with van der Waals surface area (Å²) >= 11 is 0. The topological polar surface area (TPSA) is 51.3 Å². The van der Waals surface area contributed by atoms with E-state index >= 15 is 0 Å². The fourth-order valence-corrected chi connectivity index (χ4v) is 2.03. The Kier molecular flexibility index (Phi) is 3.47. The van der Waals surface area contributed by atoms with E-state index in [1.165, 1.54) is 13.0 Å². The van der Waals surface area contributed by atoms with Crippen LogP contribution in [0.1, 0.15) is 36.3 Å². The number of amides is 1. The van der Waals surface area contributed by atoms with Crippen LogP contribution in [0.5, 0.6) is 0 Å². The van der Waals surface area contributed by atoms with E-state index in [2.05, 4.69) is 0 Å². The largest absolute Gasteiger partial charge is 0.406 e. The maximum atomic E-state index is 12.4. The van der Waals surface area contributed by atoms with Gasteiger partial charge in [-0.25, -0.2) is 0 Å². The number of halogens is 3. The zero-order valence-corrected chi connectivity index (χ0v) is 10.6. The van der Waals surface area contributed by atoms with Crippen molar-refractivity contribution in [2.24, 2.45) is 0 Å². The van der Waals surface area contributed by atoms with Crippen molar-refractivity contribution < 1.29 is 18.0 Å². The van der Waals surface area contributed by atoms with Crippen molar-refractivity contribution >= 4 is 11.6 Å². The van der Waals surface area contributed by atoms with Gasteiger partial charge in [0.1, 0.15) is 12.2 Å². The third-order valence-corrected chi connectivity index (χ3v) is 3.07. The molecule has 1 saturated carbocycles. The molecule has 0 aromatic carbocycles. The second-order valence-electron chi connectivity index (χ2n) is 4.73. The van der Waals surface area contributed by atoms with E-state index < -0.39 is 18.6 Å². The van der Waals surface area contributed by atoms with Gasteiger partial charge in [-0.2, -0.15) is 13.2 Å². The summed E-state index contributed by atoms with van der Waals surface area (Å²) in [6.45, 7) is 0.295. The highest BCUT2D eigenvalue weighted by molar-refractivity contribution is 5.94. The molecule has 0 aliphatic heterocycles. The van der Waals surface area contributed by atoms with Crippen LogP contribution >= 0.6 is 0 Å². The fraction of sp³-hybridized carbons (Fsp3) is 0.583. The Labute approximate surface area is 109 Å². The Morgan fingerprint density at radius 3 is 2.63 bits per heavy atom. The van der Waals surface area contributed by atoms with Crippen LogP contribution < -0.4 is 5.73 Å². The highest BCUT2D eigenvalue weighted by Crippen LogP contribution is 2.37. The lowest BCUT2D eigenvalue weighted by Crippen LogP contribution is -2.39. The van der Waals surface area contributed by atoms with Gasteiger partial charge >= 0.3 is 6.18 Å². The van der Waals surface area contributed by atoms with Gasteiger partial charge in [0.25, 0.3) is 5.91 Å². The number of alkyl halides is 3. The fourth-order valence-electron chi connectivity index (χ4n) is 2.03. The third-order valence-electron chi connectivity index (χ3n) is 3.07. The second kappa shape index (κ2) is 4.79. The maximum absolute atomic E-state index is 12.4. The molecule has 0 bridgehead atoms. The third kappa shape index (κ3) is 3.21. The number of anilines is 1. The van der Waals surface area contributed by atoms with Crippen LogP contribution in [-0.2, 0) is 0 Å². The summed E-state index contributed by atoms with van der Waals surface area (Å²) in [5.41, 5.74) is 6.28. The van der Waals surface area contributed by atoms with Gasteiger partial charge in [0.05, 0.1) is 5.69 Å². The summed E-state index contributed by atoms with van der Waals surface area (Å²) in [6.07, 6.45) is -0.917. The molecule has 0 spiro atoms. The maximum Gasteiger partial charge on any atom is 0.406 e. The van der Waals surface area contributed by atoms with Crippen molar-refractivity contribution in [1.82, 2.24) is 9.47 Å². The zero-order valence-electron chi connectivity index (χ0n) is 10.6. The molecular formula is C12H16F3N3O. The molecular weight excluding hydrogens is 259 g/mol. The first kappa shape index (κ1) is 13.8. The summed E-state index contributed by atoms with van der Waals surface area (Å²) in [6, 6.07) is 1.64. The molecule has 2 N–H and O–H groups in total. The number of carbonyl (C=O) groups excluding carboxylic acids is 1. The number of carbonyl (C=O) groups is 1. The number of hydrogen-bond acceptors (Lipinski definition) is 2. The van der Waals surface area contributed by atoms with Gasteiger partial charge < -0.3 is 15.2 Å². The average molecular weight is 275 g/mol. The average Bonchev–Trinajstić information content (AvgIpc) is 3.07. The lowest BCUT2D eigenvalue weighted by Gasteiger charge is -2.22. The number of hydrogen-bond donors (Lipinski definition) is 1. The molecule has 19 heavy (non-hydrogen) atoms. The molecule has 0 atom stereocenters. The predicted octanol–water partition coefficient (Wildman–Crippen LogP) is 2.43. The van der Waals surface area contributed by atoms with Crippen LogP contribution in [0.3, 0.4) is 0 Å². The first-order chi connectivity index (χ1) is 8.81. The molecule has 0 saturated heterocycles. The van der Waals surface area contributed by atoms with Crippen molar-refractivity contribution in [2.75, 3.05) is 18.8 Å². The van der Waals surface area contributed by atoms with Crippen molar-refractivity contribution in [1.29, 1.82) is 0 Å². The predicted molar refractivity (Wildman–Crippen MR) is 64.7 cm³/mol. The molecule has 2 rings (SSSR count). The summed E-state index contributed by atoms with van der Waals surface area (Å²) in [5, 5.41) is 0. The normalized spacial score (nSPS) is 15.6. The molecule has 1 amide bonds. The van der Waals surface area contributed by atoms with E-state index in [0.717, 1.165) is 17.7 Å². The smallest absolute Gasteiger partial charge is 0.397 e. The Hall–Kier alpha value is -1.66. The molecule has 1 aromatic rings. The van der Waals surface area contributed by atoms with E-state index in [1.54, 1.807) is 10.8 Å². The molecule has 1 aliphatic rings. The number of aromatic nitrogens is 1. The molecule has 0 radical (unpaired) electrons. The van der Waals surface area contributed by atoms with E-state index in [4.69, 9.17) is 5.73 Å². The summed E-state index contributed by atoms with van der Waals surface area (Å²) in [7, 11) is 0.